The van der Waals surface area contributed by atoms with Crippen molar-refractivity contribution in [3.05, 3.63) is 71.8 Å². The monoisotopic (exact) mass is 462 g/mol. The van der Waals surface area contributed by atoms with Crippen LogP contribution in [0.2, 0.25) is 0 Å². The summed E-state index contributed by atoms with van der Waals surface area (Å²) in [6.45, 7) is 5.02. The molecule has 0 aliphatic heterocycles. The maximum absolute atomic E-state index is 12.4. The molecule has 0 heterocycles. The summed E-state index contributed by atoms with van der Waals surface area (Å²) in [5, 5.41) is 0. The first-order valence-electron chi connectivity index (χ1n) is 13.4. The number of rotatable bonds is 13. The fourth-order valence-electron chi connectivity index (χ4n) is 4.70. The Balaban J connectivity index is 1.36. The van der Waals surface area contributed by atoms with Crippen molar-refractivity contribution in [3.8, 4) is 11.5 Å². The van der Waals surface area contributed by atoms with Gasteiger partial charge in [-0.1, -0.05) is 70.2 Å². The Bertz CT molecular complexity index is 859. The Morgan fingerprint density at radius 3 is 2.21 bits per heavy atom. The molecule has 0 N–H and O–H groups in total. The average molecular weight is 463 g/mol. The van der Waals surface area contributed by atoms with E-state index in [2.05, 4.69) is 26.0 Å². The van der Waals surface area contributed by atoms with Crippen molar-refractivity contribution >= 4 is 5.97 Å². The Morgan fingerprint density at radius 2 is 1.53 bits per heavy atom. The molecule has 3 nitrogen and oxygen atoms in total. The van der Waals surface area contributed by atoms with Crippen molar-refractivity contribution in [1.29, 1.82) is 0 Å². The molecular formula is C31H42O3. The first-order valence-corrected chi connectivity index (χ1v) is 13.4. The third-order valence-electron chi connectivity index (χ3n) is 6.90. The van der Waals surface area contributed by atoms with Gasteiger partial charge in [0.25, 0.3) is 0 Å². The van der Waals surface area contributed by atoms with E-state index in [1.165, 1.54) is 69.8 Å². The number of carbonyl (C=O) groups excluding carboxylic acids is 1. The molecule has 0 unspecified atom stereocenters. The predicted molar refractivity (Wildman–Crippen MR) is 141 cm³/mol. The summed E-state index contributed by atoms with van der Waals surface area (Å²) >= 11 is 0. The summed E-state index contributed by atoms with van der Waals surface area (Å²) < 4.78 is 11.4. The lowest BCUT2D eigenvalue weighted by atomic mass is 9.79. The van der Waals surface area contributed by atoms with Crippen LogP contribution in [-0.4, -0.2) is 12.6 Å². The number of carbonyl (C=O) groups is 1. The van der Waals surface area contributed by atoms with Gasteiger partial charge in [-0.25, -0.2) is 4.79 Å². The summed E-state index contributed by atoms with van der Waals surface area (Å²) in [5.74, 6) is 2.64. The van der Waals surface area contributed by atoms with Gasteiger partial charge in [0.1, 0.15) is 18.1 Å². The van der Waals surface area contributed by atoms with Gasteiger partial charge in [-0.05, 0) is 92.3 Å². The molecule has 1 fully saturated rings. The van der Waals surface area contributed by atoms with Gasteiger partial charge >= 0.3 is 5.97 Å². The van der Waals surface area contributed by atoms with Gasteiger partial charge in [0.15, 0.2) is 0 Å². The molecular weight excluding hydrogens is 420 g/mol. The molecule has 0 amide bonds. The molecule has 2 aromatic rings. The maximum Gasteiger partial charge on any atom is 0.343 e. The smallest absolute Gasteiger partial charge is 0.343 e. The molecule has 1 aliphatic carbocycles. The van der Waals surface area contributed by atoms with E-state index in [4.69, 9.17) is 9.47 Å². The highest BCUT2D eigenvalue weighted by atomic mass is 16.5. The first kappa shape index (κ1) is 26.1. The number of unbranched alkanes of at least 4 members (excludes halogenated alkanes) is 3. The average Bonchev–Trinajstić information content (AvgIpc) is 2.87. The molecule has 1 saturated carbocycles. The van der Waals surface area contributed by atoms with Crippen LogP contribution in [0, 0.1) is 11.8 Å². The van der Waals surface area contributed by atoms with E-state index in [1.807, 2.05) is 36.4 Å². The molecule has 3 heteroatoms. The second kappa shape index (κ2) is 14.7. The Labute approximate surface area is 206 Å². The molecule has 0 atom stereocenters. The van der Waals surface area contributed by atoms with Crippen molar-refractivity contribution in [3.63, 3.8) is 0 Å². The van der Waals surface area contributed by atoms with Crippen molar-refractivity contribution in [1.82, 2.24) is 0 Å². The van der Waals surface area contributed by atoms with Crippen LogP contribution in [0.4, 0.5) is 0 Å². The van der Waals surface area contributed by atoms with E-state index in [0.29, 0.717) is 23.8 Å². The quantitative estimate of drug-likeness (QED) is 0.129. The number of aryl methyl sites for hydroxylation is 1. The van der Waals surface area contributed by atoms with Gasteiger partial charge in [-0.2, -0.15) is 0 Å². The molecule has 0 saturated heterocycles. The van der Waals surface area contributed by atoms with Crippen LogP contribution in [0.3, 0.4) is 0 Å². The highest BCUT2D eigenvalue weighted by Crippen LogP contribution is 2.32. The molecule has 1 aliphatic rings. The number of esters is 1. The fourth-order valence-corrected chi connectivity index (χ4v) is 4.70. The highest BCUT2D eigenvalue weighted by molar-refractivity contribution is 5.91. The number of ether oxygens (including phenoxy) is 2. The lowest BCUT2D eigenvalue weighted by Crippen LogP contribution is -2.13. The van der Waals surface area contributed by atoms with Crippen LogP contribution in [0.1, 0.15) is 94.0 Å². The van der Waals surface area contributed by atoms with E-state index in [0.717, 1.165) is 18.1 Å². The minimum atomic E-state index is -0.349. The van der Waals surface area contributed by atoms with Crippen molar-refractivity contribution in [2.24, 2.45) is 11.8 Å². The maximum atomic E-state index is 12.4. The zero-order valence-electron chi connectivity index (χ0n) is 21.1. The van der Waals surface area contributed by atoms with E-state index in [-0.39, 0.29) is 5.97 Å². The number of allylic oxidation sites excluding steroid dienone is 1. The molecule has 0 bridgehead atoms. The number of benzene rings is 2. The molecule has 0 radical (unpaired) electrons. The zero-order chi connectivity index (χ0) is 24.0. The van der Waals surface area contributed by atoms with E-state index >= 15 is 0 Å². The Kier molecular flexibility index (Phi) is 11.2. The van der Waals surface area contributed by atoms with Crippen LogP contribution >= 0.6 is 0 Å². The van der Waals surface area contributed by atoms with E-state index in [9.17, 15) is 4.79 Å². The lowest BCUT2D eigenvalue weighted by molar-refractivity contribution is 0.0734. The number of hydrogen-bond acceptors (Lipinski definition) is 3. The van der Waals surface area contributed by atoms with Crippen molar-refractivity contribution in [2.75, 3.05) is 6.61 Å². The zero-order valence-corrected chi connectivity index (χ0v) is 21.1. The van der Waals surface area contributed by atoms with Crippen LogP contribution < -0.4 is 9.47 Å². The summed E-state index contributed by atoms with van der Waals surface area (Å²) in [5.41, 5.74) is 1.79. The minimum absolute atomic E-state index is 0.349. The van der Waals surface area contributed by atoms with Crippen molar-refractivity contribution in [2.45, 2.75) is 84.5 Å². The highest BCUT2D eigenvalue weighted by Gasteiger charge is 2.18. The van der Waals surface area contributed by atoms with Gasteiger partial charge < -0.3 is 9.47 Å². The van der Waals surface area contributed by atoms with Crippen LogP contribution in [-0.2, 0) is 6.42 Å². The van der Waals surface area contributed by atoms with E-state index < -0.39 is 0 Å². The van der Waals surface area contributed by atoms with Crippen molar-refractivity contribution < 1.29 is 14.3 Å². The minimum Gasteiger partial charge on any atom is -0.490 e. The summed E-state index contributed by atoms with van der Waals surface area (Å²) in [6, 6.07) is 15.0. The summed E-state index contributed by atoms with van der Waals surface area (Å²) in [4.78, 5) is 12.4. The second-order valence-electron chi connectivity index (χ2n) is 9.68. The van der Waals surface area contributed by atoms with Crippen LogP contribution in [0.25, 0.3) is 0 Å². The largest absolute Gasteiger partial charge is 0.490 e. The lowest BCUT2D eigenvalue weighted by Gasteiger charge is -2.26. The third-order valence-corrected chi connectivity index (χ3v) is 6.90. The van der Waals surface area contributed by atoms with Gasteiger partial charge in [-0.15, -0.1) is 0 Å². The Morgan fingerprint density at radius 1 is 0.853 bits per heavy atom. The molecule has 0 aromatic heterocycles. The van der Waals surface area contributed by atoms with Gasteiger partial charge in [-0.3, -0.25) is 0 Å². The van der Waals surface area contributed by atoms with E-state index in [1.54, 1.807) is 12.1 Å². The molecule has 34 heavy (non-hydrogen) atoms. The second-order valence-corrected chi connectivity index (χ2v) is 9.68. The first-order chi connectivity index (χ1) is 16.7. The van der Waals surface area contributed by atoms with Crippen LogP contribution in [0.5, 0.6) is 11.5 Å². The normalized spacial score (nSPS) is 18.2. The fraction of sp³-hybridized carbons (Fsp3) is 0.516. The standard InChI is InChI=1S/C31H42O3/c1-3-5-7-10-26-12-14-27(15-13-26)11-8-24-33-29-22-18-28(19-23-29)31(32)34-30-20-16-25(17-21-30)9-6-4-2/h8,11,16-23,26-27H,3-7,9-10,12-15,24H2,1-2H3/t26-,27-. The summed E-state index contributed by atoms with van der Waals surface area (Å²) in [7, 11) is 0. The van der Waals surface area contributed by atoms with Gasteiger partial charge in [0.2, 0.25) is 0 Å². The SMILES string of the molecule is CCCCC[C@H]1CC[C@H](C=CCOc2ccc(C(=O)Oc3ccc(CCCC)cc3)cc2)CC1. The predicted octanol–water partition coefficient (Wildman–Crippen LogP) is 8.57. The molecule has 184 valence electrons. The summed E-state index contributed by atoms with van der Waals surface area (Å²) in [6.07, 6.45) is 18.8. The third kappa shape index (κ3) is 9.00. The topological polar surface area (TPSA) is 35.5 Å². The Hall–Kier alpha value is -2.55. The molecule has 0 spiro atoms. The molecule has 2 aromatic carbocycles. The molecule has 3 rings (SSSR count). The van der Waals surface area contributed by atoms with Crippen LogP contribution in [0.15, 0.2) is 60.7 Å². The number of hydrogen-bond donors (Lipinski definition) is 0. The van der Waals surface area contributed by atoms with Gasteiger partial charge in [0.05, 0.1) is 5.56 Å². The van der Waals surface area contributed by atoms with Gasteiger partial charge in [0, 0.05) is 0 Å².